The molecule has 0 aliphatic carbocycles. The fourth-order valence-corrected chi connectivity index (χ4v) is 3.01. The third-order valence-corrected chi connectivity index (χ3v) is 4.60. The summed E-state index contributed by atoms with van der Waals surface area (Å²) >= 11 is 3.37. The van der Waals surface area contributed by atoms with Crippen molar-refractivity contribution in [2.24, 2.45) is 5.92 Å². The highest BCUT2D eigenvalue weighted by Gasteiger charge is 2.32. The Morgan fingerprint density at radius 1 is 1.32 bits per heavy atom. The number of fused-ring (bicyclic) bond motifs is 1. The molecular formula is C17H17BrN2O2. The lowest BCUT2D eigenvalue weighted by molar-refractivity contribution is -0.125. The zero-order valence-corrected chi connectivity index (χ0v) is 13.8. The molecule has 1 amide bonds. The fraction of sp³-hybridized carbons (Fsp3) is 0.294. The smallest absolute Gasteiger partial charge is 0.233 e. The van der Waals surface area contributed by atoms with E-state index in [1.165, 1.54) is 0 Å². The predicted molar refractivity (Wildman–Crippen MR) is 88.6 cm³/mol. The van der Waals surface area contributed by atoms with E-state index in [1.807, 2.05) is 36.4 Å². The molecule has 0 bridgehead atoms. The molecule has 1 aromatic heterocycles. The van der Waals surface area contributed by atoms with Crippen molar-refractivity contribution >= 4 is 27.7 Å². The summed E-state index contributed by atoms with van der Waals surface area (Å²) in [6.07, 6.45) is 1.68. The van der Waals surface area contributed by atoms with Crippen LogP contribution in [-0.2, 0) is 11.2 Å². The van der Waals surface area contributed by atoms with Crippen LogP contribution in [0.15, 0.2) is 47.1 Å². The van der Waals surface area contributed by atoms with E-state index in [0.29, 0.717) is 6.54 Å². The first-order valence-electron chi connectivity index (χ1n) is 7.26. The number of amides is 1. The van der Waals surface area contributed by atoms with Crippen LogP contribution in [0.1, 0.15) is 24.2 Å². The van der Waals surface area contributed by atoms with Crippen molar-refractivity contribution in [3.8, 4) is 0 Å². The number of aliphatic hydroxyl groups is 1. The van der Waals surface area contributed by atoms with E-state index in [4.69, 9.17) is 0 Å². The zero-order valence-electron chi connectivity index (χ0n) is 12.2. The van der Waals surface area contributed by atoms with Gasteiger partial charge in [0, 0.05) is 17.2 Å². The van der Waals surface area contributed by atoms with Gasteiger partial charge in [-0.25, -0.2) is 4.98 Å². The number of benzene rings is 1. The van der Waals surface area contributed by atoms with Gasteiger partial charge in [0.2, 0.25) is 5.91 Å². The van der Waals surface area contributed by atoms with Gasteiger partial charge in [-0.3, -0.25) is 9.69 Å². The minimum absolute atomic E-state index is 0.0899. The van der Waals surface area contributed by atoms with Gasteiger partial charge < -0.3 is 5.11 Å². The molecule has 22 heavy (non-hydrogen) atoms. The van der Waals surface area contributed by atoms with E-state index in [9.17, 15) is 9.90 Å². The first kappa shape index (κ1) is 15.2. The molecule has 3 rings (SSSR count). The molecule has 0 fully saturated rings. The molecule has 5 heteroatoms. The average Bonchev–Trinajstić information content (AvgIpc) is 2.97. The van der Waals surface area contributed by atoms with Crippen molar-refractivity contribution in [1.29, 1.82) is 0 Å². The first-order chi connectivity index (χ1) is 10.6. The van der Waals surface area contributed by atoms with Gasteiger partial charge in [-0.2, -0.15) is 0 Å². The number of aromatic nitrogens is 1. The van der Waals surface area contributed by atoms with Crippen molar-refractivity contribution in [1.82, 2.24) is 4.98 Å². The highest BCUT2D eigenvalue weighted by atomic mass is 79.9. The van der Waals surface area contributed by atoms with Crippen LogP contribution in [0.4, 0.5) is 5.82 Å². The van der Waals surface area contributed by atoms with Gasteiger partial charge in [0.25, 0.3) is 0 Å². The van der Waals surface area contributed by atoms with Crippen molar-refractivity contribution in [2.45, 2.75) is 19.4 Å². The van der Waals surface area contributed by atoms with Crippen LogP contribution >= 0.6 is 15.9 Å². The number of carbonyl (C=O) groups excluding carboxylic acids is 1. The Morgan fingerprint density at radius 2 is 2.05 bits per heavy atom. The third-order valence-electron chi connectivity index (χ3n) is 4.07. The lowest BCUT2D eigenvalue weighted by Crippen LogP contribution is -2.36. The zero-order chi connectivity index (χ0) is 15.7. The van der Waals surface area contributed by atoms with Gasteiger partial charge in [0.1, 0.15) is 5.82 Å². The van der Waals surface area contributed by atoms with Crippen LogP contribution in [0.5, 0.6) is 0 Å². The Kier molecular flexibility index (Phi) is 4.27. The number of carbonyl (C=O) groups is 1. The van der Waals surface area contributed by atoms with Gasteiger partial charge in [0.15, 0.2) is 0 Å². The topological polar surface area (TPSA) is 53.4 Å². The van der Waals surface area contributed by atoms with Crippen LogP contribution < -0.4 is 4.90 Å². The summed E-state index contributed by atoms with van der Waals surface area (Å²) in [5, 5.41) is 10.5. The molecule has 114 valence electrons. The minimum atomic E-state index is -0.826. The number of anilines is 1. The molecule has 2 aromatic rings. The Hall–Kier alpha value is -1.72. The Balaban J connectivity index is 1.79. The number of nitrogens with zero attached hydrogens (tertiary/aromatic N) is 2. The van der Waals surface area contributed by atoms with E-state index in [1.54, 1.807) is 18.0 Å². The highest BCUT2D eigenvalue weighted by Crippen LogP contribution is 2.30. The molecule has 0 saturated heterocycles. The summed E-state index contributed by atoms with van der Waals surface area (Å²) in [5.74, 6) is 0.115. The molecule has 0 spiro atoms. The fourth-order valence-electron chi connectivity index (χ4n) is 2.75. The van der Waals surface area contributed by atoms with Crippen molar-refractivity contribution in [3.63, 3.8) is 0 Å². The van der Waals surface area contributed by atoms with Crippen molar-refractivity contribution in [3.05, 3.63) is 58.2 Å². The second kappa shape index (κ2) is 6.18. The highest BCUT2D eigenvalue weighted by molar-refractivity contribution is 9.10. The first-order valence-corrected chi connectivity index (χ1v) is 8.06. The molecular weight excluding hydrogens is 344 g/mol. The molecule has 2 atom stereocenters. The third kappa shape index (κ3) is 2.78. The lowest BCUT2D eigenvalue weighted by Gasteiger charge is -2.24. The summed E-state index contributed by atoms with van der Waals surface area (Å²) in [6, 6.07) is 11.3. The van der Waals surface area contributed by atoms with E-state index in [-0.39, 0.29) is 5.91 Å². The molecule has 4 nitrogen and oxygen atoms in total. The predicted octanol–water partition coefficient (Wildman–Crippen LogP) is 3.10. The lowest BCUT2D eigenvalue weighted by atomic mass is 9.96. The molecule has 1 aliphatic rings. The van der Waals surface area contributed by atoms with Gasteiger partial charge in [-0.05, 0) is 35.7 Å². The number of aliphatic hydroxyl groups excluding tert-OH is 1. The van der Waals surface area contributed by atoms with Crippen LogP contribution in [0.3, 0.4) is 0 Å². The largest absolute Gasteiger partial charge is 0.388 e. The molecule has 0 unspecified atom stereocenters. The standard InChI is InChI=1S/C17H17BrN2O2/c1-11(15(21)12-4-6-14(18)7-5-12)17(22)20-10-8-13-3-2-9-19-16(13)20/h2-7,9,11,15,21H,8,10H2,1H3/t11-,15-/m1/s1. The molecule has 0 saturated carbocycles. The molecule has 1 N–H and O–H groups in total. The minimum Gasteiger partial charge on any atom is -0.388 e. The molecule has 0 radical (unpaired) electrons. The number of rotatable bonds is 3. The van der Waals surface area contributed by atoms with E-state index in [2.05, 4.69) is 20.9 Å². The van der Waals surface area contributed by atoms with Gasteiger partial charge in [-0.15, -0.1) is 0 Å². The van der Waals surface area contributed by atoms with Crippen LogP contribution in [-0.4, -0.2) is 22.5 Å². The second-order valence-electron chi connectivity index (χ2n) is 5.51. The maximum atomic E-state index is 12.7. The summed E-state index contributed by atoms with van der Waals surface area (Å²) in [7, 11) is 0. The van der Waals surface area contributed by atoms with Gasteiger partial charge in [0.05, 0.1) is 12.0 Å². The van der Waals surface area contributed by atoms with Crippen LogP contribution in [0, 0.1) is 5.92 Å². The monoisotopic (exact) mass is 360 g/mol. The number of halogens is 1. The quantitative estimate of drug-likeness (QED) is 0.914. The molecule has 2 heterocycles. The van der Waals surface area contributed by atoms with E-state index >= 15 is 0 Å². The number of hydrogen-bond donors (Lipinski definition) is 1. The molecule has 1 aliphatic heterocycles. The summed E-state index contributed by atoms with van der Waals surface area (Å²) in [4.78, 5) is 18.7. The average molecular weight is 361 g/mol. The summed E-state index contributed by atoms with van der Waals surface area (Å²) in [6.45, 7) is 2.39. The maximum absolute atomic E-state index is 12.7. The van der Waals surface area contributed by atoms with Crippen LogP contribution in [0.25, 0.3) is 0 Å². The summed E-state index contributed by atoms with van der Waals surface area (Å²) < 4.78 is 0.945. The summed E-state index contributed by atoms with van der Waals surface area (Å²) in [5.41, 5.74) is 1.82. The van der Waals surface area contributed by atoms with Crippen LogP contribution in [0.2, 0.25) is 0 Å². The number of hydrogen-bond acceptors (Lipinski definition) is 3. The Labute approximate surface area is 137 Å². The number of pyridine rings is 1. The Bertz CT molecular complexity index is 687. The molecule has 1 aromatic carbocycles. The van der Waals surface area contributed by atoms with E-state index in [0.717, 1.165) is 27.8 Å². The van der Waals surface area contributed by atoms with Crippen molar-refractivity contribution in [2.75, 3.05) is 11.4 Å². The Morgan fingerprint density at radius 3 is 2.77 bits per heavy atom. The maximum Gasteiger partial charge on any atom is 0.233 e. The van der Waals surface area contributed by atoms with Gasteiger partial charge >= 0.3 is 0 Å². The SMILES string of the molecule is C[C@@H](C(=O)N1CCc2cccnc21)[C@@H](O)c1ccc(Br)cc1. The normalized spacial score (nSPS) is 16.2. The van der Waals surface area contributed by atoms with Crippen molar-refractivity contribution < 1.29 is 9.90 Å². The van der Waals surface area contributed by atoms with Gasteiger partial charge in [-0.1, -0.05) is 41.1 Å². The van der Waals surface area contributed by atoms with E-state index < -0.39 is 12.0 Å². The second-order valence-corrected chi connectivity index (χ2v) is 6.43.